The van der Waals surface area contributed by atoms with Gasteiger partial charge in [-0.15, -0.1) is 0 Å². The molecule has 0 saturated heterocycles. The summed E-state index contributed by atoms with van der Waals surface area (Å²) in [6, 6.07) is 13.1. The maximum atomic E-state index is 13.9. The van der Waals surface area contributed by atoms with Crippen LogP contribution in [0.5, 0.6) is 0 Å². The first-order valence-electron chi connectivity index (χ1n) is 7.17. The number of nitrogens with one attached hydrogen (secondary N) is 1. The highest BCUT2D eigenvalue weighted by Gasteiger charge is 2.29. The fourth-order valence-electron chi connectivity index (χ4n) is 3.26. The maximum Gasteiger partial charge on any atom is 0.126 e. The Balaban J connectivity index is 1.85. The van der Waals surface area contributed by atoms with Gasteiger partial charge in [-0.05, 0) is 54.2 Å². The number of aryl methyl sites for hydroxylation is 1. The topological polar surface area (TPSA) is 38.0 Å². The van der Waals surface area contributed by atoms with Crippen molar-refractivity contribution in [2.45, 2.75) is 31.2 Å². The molecule has 3 rings (SSSR count). The van der Waals surface area contributed by atoms with E-state index in [1.54, 1.807) is 12.1 Å². The highest BCUT2D eigenvalue weighted by Crippen LogP contribution is 2.36. The number of fused-ring (bicyclic) bond motifs is 1. The van der Waals surface area contributed by atoms with Gasteiger partial charge in [-0.2, -0.15) is 0 Å². The molecular formula is C17H18ClFN2. The third-order valence-electron chi connectivity index (χ3n) is 4.33. The molecule has 0 bridgehead atoms. The van der Waals surface area contributed by atoms with E-state index < -0.39 is 0 Å². The van der Waals surface area contributed by atoms with Gasteiger partial charge in [0, 0.05) is 17.0 Å². The SMILES string of the molecule is NNC(Cc1cc(Cl)ccc1F)C1CCc2ccccc21. The summed E-state index contributed by atoms with van der Waals surface area (Å²) in [6.07, 6.45) is 2.62. The lowest BCUT2D eigenvalue weighted by Gasteiger charge is -2.24. The summed E-state index contributed by atoms with van der Waals surface area (Å²) in [7, 11) is 0. The Kier molecular flexibility index (Phi) is 4.24. The molecule has 0 saturated carbocycles. The van der Waals surface area contributed by atoms with Gasteiger partial charge in [-0.1, -0.05) is 35.9 Å². The summed E-state index contributed by atoms with van der Waals surface area (Å²) < 4.78 is 13.9. The van der Waals surface area contributed by atoms with Crippen LogP contribution in [0.3, 0.4) is 0 Å². The third-order valence-corrected chi connectivity index (χ3v) is 4.56. The minimum absolute atomic E-state index is 0.00150. The van der Waals surface area contributed by atoms with E-state index in [9.17, 15) is 4.39 Å². The Labute approximate surface area is 129 Å². The quantitative estimate of drug-likeness (QED) is 0.669. The molecule has 0 radical (unpaired) electrons. The molecule has 1 aliphatic rings. The van der Waals surface area contributed by atoms with E-state index >= 15 is 0 Å². The first-order chi connectivity index (χ1) is 10.2. The molecule has 3 N–H and O–H groups in total. The molecule has 0 amide bonds. The van der Waals surface area contributed by atoms with Crippen molar-refractivity contribution in [3.8, 4) is 0 Å². The van der Waals surface area contributed by atoms with Crippen molar-refractivity contribution in [2.75, 3.05) is 0 Å². The van der Waals surface area contributed by atoms with Crippen molar-refractivity contribution >= 4 is 11.6 Å². The second kappa shape index (κ2) is 6.14. The summed E-state index contributed by atoms with van der Waals surface area (Å²) in [5, 5.41) is 0.550. The maximum absolute atomic E-state index is 13.9. The van der Waals surface area contributed by atoms with Gasteiger partial charge in [-0.25, -0.2) is 4.39 Å². The van der Waals surface area contributed by atoms with E-state index in [0.29, 0.717) is 22.9 Å². The summed E-state index contributed by atoms with van der Waals surface area (Å²) in [6.45, 7) is 0. The molecule has 2 aromatic rings. The van der Waals surface area contributed by atoms with Gasteiger partial charge >= 0.3 is 0 Å². The van der Waals surface area contributed by atoms with Crippen molar-refractivity contribution in [3.63, 3.8) is 0 Å². The number of hydrogen-bond acceptors (Lipinski definition) is 2. The smallest absolute Gasteiger partial charge is 0.126 e. The van der Waals surface area contributed by atoms with Gasteiger partial charge in [0.05, 0.1) is 0 Å². The van der Waals surface area contributed by atoms with Crippen molar-refractivity contribution in [1.29, 1.82) is 0 Å². The molecule has 2 aromatic carbocycles. The number of nitrogens with two attached hydrogens (primary N) is 1. The van der Waals surface area contributed by atoms with Gasteiger partial charge in [0.25, 0.3) is 0 Å². The molecule has 2 unspecified atom stereocenters. The lowest BCUT2D eigenvalue weighted by atomic mass is 9.89. The average Bonchev–Trinajstić information content (AvgIpc) is 2.92. The van der Waals surface area contributed by atoms with Crippen molar-refractivity contribution in [3.05, 3.63) is 70.0 Å². The lowest BCUT2D eigenvalue weighted by molar-refractivity contribution is 0.428. The molecule has 1 aliphatic carbocycles. The molecule has 110 valence electrons. The molecular weight excluding hydrogens is 287 g/mol. The summed E-state index contributed by atoms with van der Waals surface area (Å²) in [5.41, 5.74) is 6.17. The van der Waals surface area contributed by atoms with Gasteiger partial charge in [0.2, 0.25) is 0 Å². The van der Waals surface area contributed by atoms with Crippen LogP contribution in [-0.2, 0) is 12.8 Å². The first-order valence-corrected chi connectivity index (χ1v) is 7.54. The van der Waals surface area contributed by atoms with E-state index in [4.69, 9.17) is 17.4 Å². The zero-order chi connectivity index (χ0) is 14.8. The Morgan fingerprint density at radius 3 is 2.90 bits per heavy atom. The van der Waals surface area contributed by atoms with Crippen LogP contribution in [0.15, 0.2) is 42.5 Å². The number of rotatable bonds is 4. The second-order valence-electron chi connectivity index (χ2n) is 5.56. The lowest BCUT2D eigenvalue weighted by Crippen LogP contribution is -2.41. The predicted molar refractivity (Wildman–Crippen MR) is 83.7 cm³/mol. The first kappa shape index (κ1) is 14.5. The van der Waals surface area contributed by atoms with Crippen molar-refractivity contribution < 1.29 is 4.39 Å². The fourth-order valence-corrected chi connectivity index (χ4v) is 3.46. The molecule has 2 atom stereocenters. The average molecular weight is 305 g/mol. The van der Waals surface area contributed by atoms with Crippen LogP contribution >= 0.6 is 11.6 Å². The summed E-state index contributed by atoms with van der Waals surface area (Å²) in [5.74, 6) is 5.82. The highest BCUT2D eigenvalue weighted by molar-refractivity contribution is 6.30. The Hall–Kier alpha value is -1.42. The molecule has 0 spiro atoms. The van der Waals surface area contributed by atoms with Gasteiger partial charge < -0.3 is 0 Å². The third kappa shape index (κ3) is 2.95. The van der Waals surface area contributed by atoms with E-state index in [1.807, 2.05) is 6.07 Å². The summed E-state index contributed by atoms with van der Waals surface area (Å²) in [4.78, 5) is 0. The number of benzene rings is 2. The minimum atomic E-state index is -0.231. The van der Waals surface area contributed by atoms with Crippen molar-refractivity contribution in [1.82, 2.24) is 5.43 Å². The van der Waals surface area contributed by atoms with Crippen LogP contribution in [0.1, 0.15) is 29.0 Å². The van der Waals surface area contributed by atoms with E-state index in [2.05, 4.69) is 23.6 Å². The normalized spacial score (nSPS) is 18.5. The fraction of sp³-hybridized carbons (Fsp3) is 0.294. The number of hydrazine groups is 1. The molecule has 2 nitrogen and oxygen atoms in total. The van der Waals surface area contributed by atoms with Crippen LogP contribution in [-0.4, -0.2) is 6.04 Å². The Morgan fingerprint density at radius 2 is 2.10 bits per heavy atom. The summed E-state index contributed by atoms with van der Waals surface area (Å²) >= 11 is 5.97. The second-order valence-corrected chi connectivity index (χ2v) is 5.99. The van der Waals surface area contributed by atoms with Crippen molar-refractivity contribution in [2.24, 2.45) is 5.84 Å². The Bertz CT molecular complexity index is 644. The standard InChI is InChI=1S/C17H18ClFN2/c18-13-6-8-16(19)12(9-13)10-17(21-20)15-7-5-11-3-1-2-4-14(11)15/h1-4,6,8-9,15,17,21H,5,7,10,20H2. The van der Waals surface area contributed by atoms with Gasteiger partial charge in [0.1, 0.15) is 5.82 Å². The molecule has 21 heavy (non-hydrogen) atoms. The van der Waals surface area contributed by atoms with E-state index in [-0.39, 0.29) is 11.9 Å². The van der Waals surface area contributed by atoms with E-state index in [1.165, 1.54) is 17.2 Å². The van der Waals surface area contributed by atoms with Crippen LogP contribution in [0.25, 0.3) is 0 Å². The molecule has 4 heteroatoms. The molecule has 0 aliphatic heterocycles. The number of hydrogen-bond donors (Lipinski definition) is 2. The highest BCUT2D eigenvalue weighted by atomic mass is 35.5. The minimum Gasteiger partial charge on any atom is -0.271 e. The van der Waals surface area contributed by atoms with Crippen LogP contribution in [0, 0.1) is 5.82 Å². The van der Waals surface area contributed by atoms with Crippen LogP contribution in [0.4, 0.5) is 4.39 Å². The molecule has 0 fully saturated rings. The molecule has 0 heterocycles. The van der Waals surface area contributed by atoms with Crippen LogP contribution < -0.4 is 11.3 Å². The zero-order valence-electron chi connectivity index (χ0n) is 11.7. The Morgan fingerprint density at radius 1 is 1.29 bits per heavy atom. The monoisotopic (exact) mass is 304 g/mol. The van der Waals surface area contributed by atoms with E-state index in [0.717, 1.165) is 12.8 Å². The zero-order valence-corrected chi connectivity index (χ0v) is 12.4. The predicted octanol–water partition coefficient (Wildman–Crippen LogP) is 3.58. The number of halogens is 2. The molecule has 0 aromatic heterocycles. The largest absolute Gasteiger partial charge is 0.271 e. The van der Waals surface area contributed by atoms with Crippen LogP contribution in [0.2, 0.25) is 5.02 Å². The van der Waals surface area contributed by atoms with Gasteiger partial charge in [-0.3, -0.25) is 11.3 Å². The van der Waals surface area contributed by atoms with Gasteiger partial charge in [0.15, 0.2) is 0 Å².